The summed E-state index contributed by atoms with van der Waals surface area (Å²) < 4.78 is 1.83. The summed E-state index contributed by atoms with van der Waals surface area (Å²) in [6, 6.07) is 11.3. The molecule has 1 aromatic carbocycles. The Morgan fingerprint density at radius 3 is 2.81 bits per heavy atom. The van der Waals surface area contributed by atoms with E-state index in [1.807, 2.05) is 46.5 Å². The van der Waals surface area contributed by atoms with Crippen molar-refractivity contribution in [3.63, 3.8) is 0 Å². The second-order valence-electron chi connectivity index (χ2n) is 6.43. The van der Waals surface area contributed by atoms with Crippen molar-refractivity contribution in [3.05, 3.63) is 63.6 Å². The normalized spacial score (nSPS) is 19.1. The maximum Gasteiger partial charge on any atom is 0.226 e. The number of carbonyl (C=O) groups excluding carboxylic acids is 1. The van der Waals surface area contributed by atoms with Gasteiger partial charge in [-0.25, -0.2) is 4.68 Å². The Hall–Kier alpha value is -2.44. The van der Waals surface area contributed by atoms with Gasteiger partial charge in [-0.05, 0) is 42.0 Å². The monoisotopic (exact) mass is 382 g/mol. The first kappa shape index (κ1) is 15.8. The van der Waals surface area contributed by atoms with Gasteiger partial charge in [-0.15, -0.1) is 16.4 Å². The van der Waals surface area contributed by atoms with Crippen molar-refractivity contribution in [3.8, 4) is 10.7 Å². The third-order valence-electron chi connectivity index (χ3n) is 4.80. The minimum absolute atomic E-state index is 0.178. The topological polar surface area (TPSA) is 59.8 Å². The fourth-order valence-electron chi connectivity index (χ4n) is 3.62. The second-order valence-corrected chi connectivity index (χ2v) is 7.81. The van der Waals surface area contributed by atoms with Crippen molar-refractivity contribution in [2.75, 3.05) is 5.32 Å². The Bertz CT molecular complexity index is 1020. The lowest BCUT2D eigenvalue weighted by Gasteiger charge is -2.32. The maximum atomic E-state index is 12.7. The van der Waals surface area contributed by atoms with Gasteiger partial charge < -0.3 is 5.32 Å². The van der Waals surface area contributed by atoms with E-state index < -0.39 is 0 Å². The first-order valence-corrected chi connectivity index (χ1v) is 9.75. The summed E-state index contributed by atoms with van der Waals surface area (Å²) in [6.45, 7) is 0. The zero-order chi connectivity index (χ0) is 17.7. The van der Waals surface area contributed by atoms with Crippen LogP contribution in [-0.2, 0) is 4.79 Å². The van der Waals surface area contributed by atoms with Crippen LogP contribution in [-0.4, -0.2) is 20.5 Å². The molecular formula is C19H15ClN4OS. The van der Waals surface area contributed by atoms with Crippen LogP contribution in [0.25, 0.3) is 10.7 Å². The zero-order valence-corrected chi connectivity index (χ0v) is 15.3. The van der Waals surface area contributed by atoms with Crippen molar-refractivity contribution in [1.82, 2.24) is 14.8 Å². The van der Waals surface area contributed by atoms with Crippen LogP contribution in [0.5, 0.6) is 0 Å². The number of nitrogens with zero attached hydrogens (tertiary/aromatic N) is 3. The summed E-state index contributed by atoms with van der Waals surface area (Å²) in [4.78, 5) is 18.4. The summed E-state index contributed by atoms with van der Waals surface area (Å²) in [5, 5.41) is 10.8. The summed E-state index contributed by atoms with van der Waals surface area (Å²) >= 11 is 7.66. The Balaban J connectivity index is 1.69. The van der Waals surface area contributed by atoms with Gasteiger partial charge in [0.25, 0.3) is 0 Å². The molecule has 0 bridgehead atoms. The number of ketones is 1. The Labute approximate surface area is 159 Å². The SMILES string of the molecule is O=C1CCCC2=C1C(c1ccc(Cl)cc1)n1nc(-c3cccs3)nc1N2. The number of Topliss-reactive ketones (excluding diaryl/α,β-unsaturated/α-hetero) is 1. The minimum atomic E-state index is -0.271. The Morgan fingerprint density at radius 2 is 2.04 bits per heavy atom. The minimum Gasteiger partial charge on any atom is -0.328 e. The number of allylic oxidation sites excluding steroid dienone is 2. The van der Waals surface area contributed by atoms with Gasteiger partial charge in [-0.1, -0.05) is 29.8 Å². The number of benzene rings is 1. The molecule has 0 fully saturated rings. The molecule has 2 aliphatic rings. The largest absolute Gasteiger partial charge is 0.328 e. The van der Waals surface area contributed by atoms with Gasteiger partial charge in [0.1, 0.15) is 6.04 Å². The lowest BCUT2D eigenvalue weighted by atomic mass is 9.85. The van der Waals surface area contributed by atoms with Crippen LogP contribution in [0.4, 0.5) is 5.95 Å². The highest BCUT2D eigenvalue weighted by Gasteiger charge is 2.36. The molecule has 0 radical (unpaired) electrons. The molecule has 1 unspecified atom stereocenters. The van der Waals surface area contributed by atoms with Crippen molar-refractivity contribution in [2.45, 2.75) is 25.3 Å². The molecule has 1 N–H and O–H groups in total. The van der Waals surface area contributed by atoms with Gasteiger partial charge in [0.05, 0.1) is 4.88 Å². The summed E-state index contributed by atoms with van der Waals surface area (Å²) in [7, 11) is 0. The van der Waals surface area contributed by atoms with E-state index in [0.29, 0.717) is 23.2 Å². The zero-order valence-electron chi connectivity index (χ0n) is 13.8. The molecule has 3 aromatic rings. The molecule has 1 aliphatic heterocycles. The number of nitrogens with one attached hydrogen (secondary N) is 1. The first-order chi connectivity index (χ1) is 12.7. The van der Waals surface area contributed by atoms with E-state index in [0.717, 1.165) is 34.6 Å². The van der Waals surface area contributed by atoms with E-state index in [1.54, 1.807) is 11.3 Å². The Kier molecular flexibility index (Phi) is 3.69. The summed E-state index contributed by atoms with van der Waals surface area (Å²) in [5.41, 5.74) is 2.76. The molecule has 130 valence electrons. The first-order valence-electron chi connectivity index (χ1n) is 8.50. The third kappa shape index (κ3) is 2.48. The molecule has 0 spiro atoms. The van der Waals surface area contributed by atoms with Gasteiger partial charge in [-0.3, -0.25) is 4.79 Å². The summed E-state index contributed by atoms with van der Waals surface area (Å²) in [6.07, 6.45) is 2.29. The smallest absolute Gasteiger partial charge is 0.226 e. The van der Waals surface area contributed by atoms with Crippen molar-refractivity contribution in [2.24, 2.45) is 0 Å². The van der Waals surface area contributed by atoms with Gasteiger partial charge in [-0.2, -0.15) is 4.98 Å². The lowest BCUT2D eigenvalue weighted by molar-refractivity contribution is -0.116. The van der Waals surface area contributed by atoms with Crippen molar-refractivity contribution < 1.29 is 4.79 Å². The van der Waals surface area contributed by atoms with E-state index >= 15 is 0 Å². The van der Waals surface area contributed by atoms with Crippen molar-refractivity contribution in [1.29, 1.82) is 0 Å². The van der Waals surface area contributed by atoms with E-state index in [4.69, 9.17) is 16.7 Å². The number of rotatable bonds is 2. The second kappa shape index (κ2) is 6.07. The van der Waals surface area contributed by atoms with Gasteiger partial charge >= 0.3 is 0 Å². The van der Waals surface area contributed by atoms with Gasteiger partial charge in [0.15, 0.2) is 11.6 Å². The van der Waals surface area contributed by atoms with Crippen molar-refractivity contribution >= 4 is 34.7 Å². The molecule has 5 rings (SSSR count). The van der Waals surface area contributed by atoms with Gasteiger partial charge in [0.2, 0.25) is 5.95 Å². The fraction of sp³-hybridized carbons (Fsp3) is 0.211. The number of fused-ring (bicyclic) bond motifs is 1. The van der Waals surface area contributed by atoms with Crippen LogP contribution in [0.1, 0.15) is 30.9 Å². The number of thiophene rings is 1. The lowest BCUT2D eigenvalue weighted by Crippen LogP contribution is -2.31. The van der Waals surface area contributed by atoms with Crippen LogP contribution < -0.4 is 5.32 Å². The number of carbonyl (C=O) groups is 1. The highest BCUT2D eigenvalue weighted by molar-refractivity contribution is 7.13. The van der Waals surface area contributed by atoms with Gasteiger partial charge in [0, 0.05) is 22.7 Å². The molecule has 26 heavy (non-hydrogen) atoms. The van der Waals surface area contributed by atoms with Crippen LogP contribution >= 0.6 is 22.9 Å². The number of halogens is 1. The number of anilines is 1. The maximum absolute atomic E-state index is 12.7. The number of aromatic nitrogens is 3. The molecule has 2 aromatic heterocycles. The molecule has 0 saturated heterocycles. The fourth-order valence-corrected chi connectivity index (χ4v) is 4.40. The number of hydrogen-bond acceptors (Lipinski definition) is 5. The molecule has 0 saturated carbocycles. The van der Waals surface area contributed by atoms with Crippen LogP contribution in [0.2, 0.25) is 5.02 Å². The highest BCUT2D eigenvalue weighted by atomic mass is 35.5. The van der Waals surface area contributed by atoms with E-state index in [-0.39, 0.29) is 11.8 Å². The molecule has 0 amide bonds. The molecule has 3 heterocycles. The van der Waals surface area contributed by atoms with Crippen LogP contribution in [0, 0.1) is 0 Å². The average molecular weight is 383 g/mol. The standard InChI is InChI=1S/C19H15ClN4OS/c20-12-8-6-11(7-9-12)17-16-13(3-1-4-14(16)25)21-19-22-18(23-24(17)19)15-5-2-10-26-15/h2,5-10,17H,1,3-4H2,(H,21,22,23). The predicted octanol–water partition coefficient (Wildman–Crippen LogP) is 4.68. The average Bonchev–Trinajstić information content (AvgIpc) is 3.30. The van der Waals surface area contributed by atoms with Crippen LogP contribution in [0.15, 0.2) is 53.0 Å². The molecule has 5 nitrogen and oxygen atoms in total. The summed E-state index contributed by atoms with van der Waals surface area (Å²) in [5.74, 6) is 1.54. The quantitative estimate of drug-likeness (QED) is 0.699. The molecule has 1 atom stereocenters. The number of hydrogen-bond donors (Lipinski definition) is 1. The molecule has 7 heteroatoms. The van der Waals surface area contributed by atoms with E-state index in [1.165, 1.54) is 0 Å². The Morgan fingerprint density at radius 1 is 1.19 bits per heavy atom. The van der Waals surface area contributed by atoms with E-state index in [9.17, 15) is 4.79 Å². The molecular weight excluding hydrogens is 368 g/mol. The molecule has 1 aliphatic carbocycles. The predicted molar refractivity (Wildman–Crippen MR) is 102 cm³/mol. The van der Waals surface area contributed by atoms with Crippen LogP contribution in [0.3, 0.4) is 0 Å². The highest BCUT2D eigenvalue weighted by Crippen LogP contribution is 2.41. The third-order valence-corrected chi connectivity index (χ3v) is 5.91. The van der Waals surface area contributed by atoms with E-state index in [2.05, 4.69) is 10.3 Å².